The van der Waals surface area contributed by atoms with E-state index in [-0.39, 0.29) is 5.82 Å². The van der Waals surface area contributed by atoms with Gasteiger partial charge in [0.15, 0.2) is 0 Å². The Balaban J connectivity index is 2.04. The summed E-state index contributed by atoms with van der Waals surface area (Å²) in [6.45, 7) is 0.613. The molecule has 88 valence electrons. The molecule has 0 aliphatic carbocycles. The molecule has 2 aromatic rings. The fourth-order valence-corrected chi connectivity index (χ4v) is 2.17. The van der Waals surface area contributed by atoms with Crippen LogP contribution in [0.3, 0.4) is 0 Å². The van der Waals surface area contributed by atoms with E-state index in [1.165, 1.54) is 12.1 Å². The van der Waals surface area contributed by atoms with Crippen molar-refractivity contribution < 1.29 is 4.39 Å². The van der Waals surface area contributed by atoms with Crippen molar-refractivity contribution in [2.45, 2.75) is 6.54 Å². The molecule has 0 unspecified atom stereocenters. The van der Waals surface area contributed by atoms with Crippen molar-refractivity contribution >= 4 is 33.2 Å². The number of benzene rings is 2. The Labute approximate surface area is 113 Å². The van der Waals surface area contributed by atoms with E-state index in [0.717, 1.165) is 15.7 Å². The van der Waals surface area contributed by atoms with E-state index >= 15 is 0 Å². The molecule has 2 rings (SSSR count). The maximum absolute atomic E-state index is 12.7. The quantitative estimate of drug-likeness (QED) is 0.853. The van der Waals surface area contributed by atoms with Gasteiger partial charge in [0, 0.05) is 11.0 Å². The first-order valence-corrected chi connectivity index (χ1v) is 6.25. The third-order valence-corrected chi connectivity index (χ3v) is 3.13. The number of halogens is 3. The van der Waals surface area contributed by atoms with E-state index in [2.05, 4.69) is 21.2 Å². The minimum atomic E-state index is -0.226. The molecule has 0 saturated heterocycles. The number of hydrogen-bond donors (Lipinski definition) is 1. The van der Waals surface area contributed by atoms with Crippen LogP contribution >= 0.6 is 27.5 Å². The van der Waals surface area contributed by atoms with Gasteiger partial charge in [0.25, 0.3) is 0 Å². The first-order chi connectivity index (χ1) is 8.15. The first-order valence-electron chi connectivity index (χ1n) is 5.08. The highest BCUT2D eigenvalue weighted by Gasteiger charge is 2.00. The van der Waals surface area contributed by atoms with Gasteiger partial charge < -0.3 is 5.32 Å². The molecule has 0 bridgehead atoms. The molecule has 0 spiro atoms. The second-order valence-electron chi connectivity index (χ2n) is 3.60. The molecule has 0 atom stereocenters. The number of rotatable bonds is 3. The fourth-order valence-electron chi connectivity index (χ4n) is 1.43. The Morgan fingerprint density at radius 1 is 1.12 bits per heavy atom. The lowest BCUT2D eigenvalue weighted by atomic mass is 10.2. The SMILES string of the molecule is Fc1ccc(CNc2ccc(Br)cc2Cl)cc1. The Morgan fingerprint density at radius 3 is 2.47 bits per heavy atom. The van der Waals surface area contributed by atoms with Gasteiger partial charge in [-0.2, -0.15) is 0 Å². The standard InChI is InChI=1S/C13H10BrClFN/c14-10-3-6-13(12(15)7-10)17-8-9-1-4-11(16)5-2-9/h1-7,17H,8H2. The Bertz CT molecular complexity index is 513. The van der Waals surface area contributed by atoms with Gasteiger partial charge in [0.05, 0.1) is 10.7 Å². The van der Waals surface area contributed by atoms with E-state index in [0.29, 0.717) is 11.6 Å². The summed E-state index contributed by atoms with van der Waals surface area (Å²) in [6.07, 6.45) is 0. The fraction of sp³-hybridized carbons (Fsp3) is 0.0769. The van der Waals surface area contributed by atoms with E-state index in [9.17, 15) is 4.39 Å². The molecule has 0 saturated carbocycles. The number of nitrogens with one attached hydrogen (secondary N) is 1. The van der Waals surface area contributed by atoms with Gasteiger partial charge in [-0.1, -0.05) is 39.7 Å². The molecule has 0 fully saturated rings. The summed E-state index contributed by atoms with van der Waals surface area (Å²) in [7, 11) is 0. The molecule has 2 aromatic carbocycles. The predicted octanol–water partition coefficient (Wildman–Crippen LogP) is 4.85. The van der Waals surface area contributed by atoms with Crippen molar-refractivity contribution in [3.05, 3.63) is 63.3 Å². The Kier molecular flexibility index (Phi) is 4.02. The number of anilines is 1. The third kappa shape index (κ3) is 3.45. The summed E-state index contributed by atoms with van der Waals surface area (Å²) in [6, 6.07) is 12.0. The number of hydrogen-bond acceptors (Lipinski definition) is 1. The molecule has 0 heterocycles. The van der Waals surface area contributed by atoms with Gasteiger partial charge in [-0.3, -0.25) is 0 Å². The van der Waals surface area contributed by atoms with Crippen molar-refractivity contribution in [3.8, 4) is 0 Å². The summed E-state index contributed by atoms with van der Waals surface area (Å²) < 4.78 is 13.7. The lowest BCUT2D eigenvalue weighted by Gasteiger charge is -2.08. The molecule has 1 N–H and O–H groups in total. The normalized spacial score (nSPS) is 10.3. The lowest BCUT2D eigenvalue weighted by Crippen LogP contribution is -1.99. The topological polar surface area (TPSA) is 12.0 Å². The van der Waals surface area contributed by atoms with Crippen LogP contribution in [0.25, 0.3) is 0 Å². The van der Waals surface area contributed by atoms with Crippen LogP contribution in [-0.4, -0.2) is 0 Å². The van der Waals surface area contributed by atoms with Crippen molar-refractivity contribution in [1.29, 1.82) is 0 Å². The molecule has 0 aliphatic heterocycles. The summed E-state index contributed by atoms with van der Waals surface area (Å²) in [4.78, 5) is 0. The van der Waals surface area contributed by atoms with E-state index in [1.807, 2.05) is 18.2 Å². The zero-order chi connectivity index (χ0) is 12.3. The molecular formula is C13H10BrClFN. The lowest BCUT2D eigenvalue weighted by molar-refractivity contribution is 0.627. The molecule has 1 nitrogen and oxygen atoms in total. The van der Waals surface area contributed by atoms with Crippen LogP contribution in [-0.2, 0) is 6.54 Å². The minimum Gasteiger partial charge on any atom is -0.380 e. The van der Waals surface area contributed by atoms with Crippen LogP contribution in [0.2, 0.25) is 5.02 Å². The summed E-state index contributed by atoms with van der Waals surface area (Å²) in [5.74, 6) is -0.226. The maximum atomic E-state index is 12.7. The van der Waals surface area contributed by atoms with Gasteiger partial charge in [-0.15, -0.1) is 0 Å². The van der Waals surface area contributed by atoms with Gasteiger partial charge in [0.1, 0.15) is 5.82 Å². The summed E-state index contributed by atoms with van der Waals surface area (Å²) in [5, 5.41) is 3.85. The van der Waals surface area contributed by atoms with Crippen molar-refractivity contribution in [2.24, 2.45) is 0 Å². The first kappa shape index (κ1) is 12.4. The predicted molar refractivity (Wildman–Crippen MR) is 72.9 cm³/mol. The highest BCUT2D eigenvalue weighted by molar-refractivity contribution is 9.10. The molecule has 0 aliphatic rings. The third-order valence-electron chi connectivity index (χ3n) is 2.33. The van der Waals surface area contributed by atoms with E-state index in [4.69, 9.17) is 11.6 Å². The van der Waals surface area contributed by atoms with Crippen LogP contribution in [0.5, 0.6) is 0 Å². The van der Waals surface area contributed by atoms with Crippen LogP contribution in [0.1, 0.15) is 5.56 Å². The Morgan fingerprint density at radius 2 is 1.82 bits per heavy atom. The largest absolute Gasteiger partial charge is 0.380 e. The summed E-state index contributed by atoms with van der Waals surface area (Å²) >= 11 is 9.41. The van der Waals surface area contributed by atoms with E-state index in [1.54, 1.807) is 12.1 Å². The smallest absolute Gasteiger partial charge is 0.123 e. The summed E-state index contributed by atoms with van der Waals surface area (Å²) in [5.41, 5.74) is 1.87. The molecule has 17 heavy (non-hydrogen) atoms. The van der Waals surface area contributed by atoms with Crippen LogP contribution < -0.4 is 5.32 Å². The zero-order valence-corrected chi connectivity index (χ0v) is 11.2. The molecule has 0 radical (unpaired) electrons. The Hall–Kier alpha value is -1.06. The van der Waals surface area contributed by atoms with Gasteiger partial charge in [0.2, 0.25) is 0 Å². The van der Waals surface area contributed by atoms with Crippen molar-refractivity contribution in [3.63, 3.8) is 0 Å². The average molecular weight is 315 g/mol. The highest BCUT2D eigenvalue weighted by Crippen LogP contribution is 2.25. The van der Waals surface area contributed by atoms with Crippen molar-refractivity contribution in [1.82, 2.24) is 0 Å². The van der Waals surface area contributed by atoms with Crippen LogP contribution in [0.4, 0.5) is 10.1 Å². The highest BCUT2D eigenvalue weighted by atomic mass is 79.9. The molecule has 4 heteroatoms. The average Bonchev–Trinajstić information content (AvgIpc) is 2.30. The van der Waals surface area contributed by atoms with Crippen molar-refractivity contribution in [2.75, 3.05) is 5.32 Å². The van der Waals surface area contributed by atoms with Gasteiger partial charge >= 0.3 is 0 Å². The van der Waals surface area contributed by atoms with Crippen LogP contribution in [0, 0.1) is 5.82 Å². The monoisotopic (exact) mass is 313 g/mol. The second kappa shape index (κ2) is 5.52. The second-order valence-corrected chi connectivity index (χ2v) is 4.93. The maximum Gasteiger partial charge on any atom is 0.123 e. The van der Waals surface area contributed by atoms with Gasteiger partial charge in [-0.25, -0.2) is 4.39 Å². The van der Waals surface area contributed by atoms with E-state index < -0.39 is 0 Å². The minimum absolute atomic E-state index is 0.226. The zero-order valence-electron chi connectivity index (χ0n) is 8.88. The van der Waals surface area contributed by atoms with Gasteiger partial charge in [-0.05, 0) is 35.9 Å². The molecular weight excluding hydrogens is 305 g/mol. The molecule has 0 amide bonds. The molecule has 0 aromatic heterocycles. The van der Waals surface area contributed by atoms with Crippen LogP contribution in [0.15, 0.2) is 46.9 Å².